The molecule has 2 rings (SSSR count). The number of thiophene rings is 1. The second-order valence-electron chi connectivity index (χ2n) is 3.20. The van der Waals surface area contributed by atoms with Crippen LogP contribution in [0, 0.1) is 6.92 Å². The monoisotopic (exact) mass is 234 g/mol. The number of hydrogen-bond donors (Lipinski definition) is 1. The minimum Gasteiger partial charge on any atom is -0.360 e. The van der Waals surface area contributed by atoms with Crippen LogP contribution in [-0.4, -0.2) is 11.1 Å². The van der Waals surface area contributed by atoms with Gasteiger partial charge in [0.25, 0.3) is 0 Å². The van der Waals surface area contributed by atoms with Crippen molar-refractivity contribution in [2.24, 2.45) is 0 Å². The lowest BCUT2D eigenvalue weighted by atomic mass is 10.3. The van der Waals surface area contributed by atoms with Crippen LogP contribution in [-0.2, 0) is 4.79 Å². The molecule has 0 unspecified atom stereocenters. The van der Waals surface area contributed by atoms with E-state index in [4.69, 9.17) is 4.52 Å². The molecule has 0 atom stereocenters. The lowest BCUT2D eigenvalue weighted by molar-refractivity contribution is -0.111. The van der Waals surface area contributed by atoms with Crippen molar-refractivity contribution in [1.29, 1.82) is 0 Å². The first-order valence-corrected chi connectivity index (χ1v) is 5.63. The van der Waals surface area contributed by atoms with Gasteiger partial charge in [-0.1, -0.05) is 5.16 Å². The van der Waals surface area contributed by atoms with E-state index in [1.165, 1.54) is 6.08 Å². The number of nitrogens with zero attached hydrogens (tertiary/aromatic N) is 1. The van der Waals surface area contributed by atoms with Crippen LogP contribution < -0.4 is 5.32 Å². The predicted octanol–water partition coefficient (Wildman–Crippen LogP) is 2.70. The fourth-order valence-electron chi connectivity index (χ4n) is 1.13. The molecule has 0 aromatic carbocycles. The molecule has 2 aromatic rings. The first-order chi connectivity index (χ1) is 7.74. The molecule has 0 aliphatic rings. The van der Waals surface area contributed by atoms with Crippen molar-refractivity contribution in [1.82, 2.24) is 5.16 Å². The SMILES string of the molecule is Cc1cc(NC(=O)/C=C/c2ccsc2)no1. The molecule has 0 aliphatic carbocycles. The molecule has 2 aromatic heterocycles. The van der Waals surface area contributed by atoms with E-state index in [1.807, 2.05) is 16.8 Å². The third-order valence-electron chi connectivity index (χ3n) is 1.85. The highest BCUT2D eigenvalue weighted by molar-refractivity contribution is 7.08. The molecule has 0 fully saturated rings. The molecule has 2 heterocycles. The van der Waals surface area contributed by atoms with Gasteiger partial charge in [0, 0.05) is 12.1 Å². The summed E-state index contributed by atoms with van der Waals surface area (Å²) in [6, 6.07) is 3.60. The Morgan fingerprint density at radius 2 is 2.50 bits per heavy atom. The van der Waals surface area contributed by atoms with Crippen LogP contribution in [0.5, 0.6) is 0 Å². The number of aryl methyl sites for hydroxylation is 1. The minimum absolute atomic E-state index is 0.223. The third-order valence-corrected chi connectivity index (χ3v) is 2.55. The van der Waals surface area contributed by atoms with E-state index in [0.29, 0.717) is 11.6 Å². The summed E-state index contributed by atoms with van der Waals surface area (Å²) in [5, 5.41) is 10.2. The van der Waals surface area contributed by atoms with Gasteiger partial charge in [-0.2, -0.15) is 11.3 Å². The number of hydrogen-bond acceptors (Lipinski definition) is 4. The van der Waals surface area contributed by atoms with Crippen LogP contribution in [0.4, 0.5) is 5.82 Å². The Balaban J connectivity index is 1.94. The van der Waals surface area contributed by atoms with Crippen molar-refractivity contribution in [3.63, 3.8) is 0 Å². The number of anilines is 1. The van der Waals surface area contributed by atoms with Gasteiger partial charge < -0.3 is 9.84 Å². The lowest BCUT2D eigenvalue weighted by Gasteiger charge is -1.93. The maximum Gasteiger partial charge on any atom is 0.249 e. The van der Waals surface area contributed by atoms with E-state index >= 15 is 0 Å². The first-order valence-electron chi connectivity index (χ1n) is 4.68. The molecular formula is C11H10N2O2S. The molecule has 0 radical (unpaired) electrons. The van der Waals surface area contributed by atoms with Crippen LogP contribution in [0.2, 0.25) is 0 Å². The standard InChI is InChI=1S/C11H10N2O2S/c1-8-6-10(13-15-8)12-11(14)3-2-9-4-5-16-7-9/h2-7H,1H3,(H,12,13,14)/b3-2+. The first kappa shape index (κ1) is 10.6. The van der Waals surface area contributed by atoms with Crippen LogP contribution in [0.3, 0.4) is 0 Å². The van der Waals surface area contributed by atoms with Gasteiger partial charge in [0.05, 0.1) is 0 Å². The molecule has 0 aliphatic heterocycles. The fourth-order valence-corrected chi connectivity index (χ4v) is 1.76. The van der Waals surface area contributed by atoms with Crippen molar-refractivity contribution in [2.45, 2.75) is 6.92 Å². The summed E-state index contributed by atoms with van der Waals surface area (Å²) >= 11 is 1.59. The molecule has 5 heteroatoms. The fraction of sp³-hybridized carbons (Fsp3) is 0.0909. The number of rotatable bonds is 3. The molecule has 1 N–H and O–H groups in total. The molecule has 16 heavy (non-hydrogen) atoms. The van der Waals surface area contributed by atoms with Gasteiger partial charge in [-0.15, -0.1) is 0 Å². The van der Waals surface area contributed by atoms with Crippen molar-refractivity contribution in [3.05, 3.63) is 40.3 Å². The zero-order valence-electron chi connectivity index (χ0n) is 8.64. The Kier molecular flexibility index (Phi) is 3.16. The topological polar surface area (TPSA) is 55.1 Å². The van der Waals surface area contributed by atoms with Gasteiger partial charge in [-0.3, -0.25) is 4.79 Å². The Morgan fingerprint density at radius 3 is 3.12 bits per heavy atom. The van der Waals surface area contributed by atoms with E-state index in [-0.39, 0.29) is 5.91 Å². The molecule has 0 spiro atoms. The summed E-state index contributed by atoms with van der Waals surface area (Å²) in [7, 11) is 0. The van der Waals surface area contributed by atoms with E-state index in [1.54, 1.807) is 30.4 Å². The number of nitrogens with one attached hydrogen (secondary N) is 1. The highest BCUT2D eigenvalue weighted by Gasteiger charge is 2.02. The highest BCUT2D eigenvalue weighted by atomic mass is 32.1. The Bertz CT molecular complexity index is 500. The maximum absolute atomic E-state index is 11.4. The Hall–Kier alpha value is -1.88. The molecule has 4 nitrogen and oxygen atoms in total. The van der Waals surface area contributed by atoms with E-state index in [0.717, 1.165) is 5.56 Å². The molecule has 1 amide bonds. The zero-order chi connectivity index (χ0) is 11.4. The van der Waals surface area contributed by atoms with E-state index in [9.17, 15) is 4.79 Å². The van der Waals surface area contributed by atoms with Crippen molar-refractivity contribution in [3.8, 4) is 0 Å². The zero-order valence-corrected chi connectivity index (χ0v) is 9.45. The second-order valence-corrected chi connectivity index (χ2v) is 3.98. The minimum atomic E-state index is -0.223. The normalized spacial score (nSPS) is 10.8. The van der Waals surface area contributed by atoms with Gasteiger partial charge in [0.15, 0.2) is 5.82 Å². The smallest absolute Gasteiger partial charge is 0.249 e. The quantitative estimate of drug-likeness (QED) is 0.831. The van der Waals surface area contributed by atoms with Crippen LogP contribution in [0.25, 0.3) is 6.08 Å². The van der Waals surface area contributed by atoms with Crippen LogP contribution in [0.1, 0.15) is 11.3 Å². The maximum atomic E-state index is 11.4. The van der Waals surface area contributed by atoms with Gasteiger partial charge >= 0.3 is 0 Å². The molecule has 0 bridgehead atoms. The predicted molar refractivity (Wildman–Crippen MR) is 63.2 cm³/mol. The van der Waals surface area contributed by atoms with Gasteiger partial charge in [-0.05, 0) is 35.4 Å². The Labute approximate surface area is 96.6 Å². The van der Waals surface area contributed by atoms with E-state index < -0.39 is 0 Å². The average molecular weight is 234 g/mol. The summed E-state index contributed by atoms with van der Waals surface area (Å²) in [5.74, 6) is 0.870. The van der Waals surface area contributed by atoms with Gasteiger partial charge in [0.1, 0.15) is 5.76 Å². The summed E-state index contributed by atoms with van der Waals surface area (Å²) in [6.45, 7) is 1.77. The summed E-state index contributed by atoms with van der Waals surface area (Å²) in [4.78, 5) is 11.4. The Morgan fingerprint density at radius 1 is 1.62 bits per heavy atom. The van der Waals surface area contributed by atoms with Crippen molar-refractivity contribution in [2.75, 3.05) is 5.32 Å². The molecule has 82 valence electrons. The number of carbonyl (C=O) groups is 1. The number of aromatic nitrogens is 1. The van der Waals surface area contributed by atoms with Gasteiger partial charge in [0.2, 0.25) is 5.91 Å². The third kappa shape index (κ3) is 2.80. The van der Waals surface area contributed by atoms with Crippen LogP contribution in [0.15, 0.2) is 33.5 Å². The summed E-state index contributed by atoms with van der Waals surface area (Å²) in [5.41, 5.74) is 1.01. The average Bonchev–Trinajstić information content (AvgIpc) is 2.87. The molecule has 0 saturated carbocycles. The highest BCUT2D eigenvalue weighted by Crippen LogP contribution is 2.09. The summed E-state index contributed by atoms with van der Waals surface area (Å²) in [6.07, 6.45) is 3.21. The largest absolute Gasteiger partial charge is 0.360 e. The van der Waals surface area contributed by atoms with Gasteiger partial charge in [-0.25, -0.2) is 0 Å². The van der Waals surface area contributed by atoms with Crippen molar-refractivity contribution < 1.29 is 9.32 Å². The molecule has 0 saturated heterocycles. The number of carbonyl (C=O) groups excluding carboxylic acids is 1. The second kappa shape index (κ2) is 4.76. The van der Waals surface area contributed by atoms with Crippen molar-refractivity contribution >= 4 is 29.1 Å². The molecular weight excluding hydrogens is 224 g/mol. The van der Waals surface area contributed by atoms with E-state index in [2.05, 4.69) is 10.5 Å². The number of amides is 1. The lowest BCUT2D eigenvalue weighted by Crippen LogP contribution is -2.07. The van der Waals surface area contributed by atoms with Crippen LogP contribution >= 0.6 is 11.3 Å². The summed E-state index contributed by atoms with van der Waals surface area (Å²) < 4.78 is 4.83.